The zero-order chi connectivity index (χ0) is 23.4. The van der Waals surface area contributed by atoms with Crippen LogP contribution in [0.25, 0.3) is 11.1 Å². The molecule has 4 aromatic rings. The van der Waals surface area contributed by atoms with Gasteiger partial charge in [0, 0.05) is 0 Å². The van der Waals surface area contributed by atoms with Gasteiger partial charge in [-0.05, 0) is 88.7 Å². The molecule has 2 nitrogen and oxygen atoms in total. The molecule has 0 saturated carbocycles. The molecule has 0 N–H and O–H groups in total. The zero-order valence-electron chi connectivity index (χ0n) is 19.5. The first-order valence-corrected chi connectivity index (χ1v) is 11.9. The minimum absolute atomic E-state index is 0.115. The summed E-state index contributed by atoms with van der Waals surface area (Å²) in [7, 11) is 0. The van der Waals surface area contributed by atoms with Gasteiger partial charge in [0.2, 0.25) is 0 Å². The van der Waals surface area contributed by atoms with Crippen molar-refractivity contribution in [2.75, 3.05) is 0 Å². The lowest BCUT2D eigenvalue weighted by atomic mass is 9.60. The van der Waals surface area contributed by atoms with Crippen molar-refractivity contribution in [2.45, 2.75) is 38.5 Å². The maximum absolute atomic E-state index is 13.5. The second-order valence-corrected chi connectivity index (χ2v) is 9.60. The van der Waals surface area contributed by atoms with Crippen molar-refractivity contribution in [1.29, 1.82) is 0 Å². The maximum atomic E-state index is 13.5. The van der Waals surface area contributed by atoms with Gasteiger partial charge in [-0.15, -0.1) is 0 Å². The van der Waals surface area contributed by atoms with Gasteiger partial charge in [-0.2, -0.15) is 0 Å². The zero-order valence-corrected chi connectivity index (χ0v) is 19.5. The summed E-state index contributed by atoms with van der Waals surface area (Å²) in [4.78, 5) is 27.0. The highest BCUT2D eigenvalue weighted by molar-refractivity contribution is 6.16. The molecule has 0 fully saturated rings. The van der Waals surface area contributed by atoms with Crippen LogP contribution in [0, 0.1) is 0 Å². The highest BCUT2D eigenvalue weighted by atomic mass is 16.2. The Hall–Kier alpha value is -3.78. The van der Waals surface area contributed by atoms with E-state index in [1.807, 2.05) is 24.3 Å². The van der Waals surface area contributed by atoms with Crippen LogP contribution in [-0.4, -0.2) is 11.6 Å². The number of ketones is 2. The lowest BCUT2D eigenvalue weighted by Gasteiger charge is -2.39. The fraction of sp³-hybridized carbons (Fsp3) is 0.188. The largest absolute Gasteiger partial charge is 0.298 e. The summed E-state index contributed by atoms with van der Waals surface area (Å²) < 4.78 is 0. The molecule has 0 aromatic heterocycles. The maximum Gasteiger partial charge on any atom is 0.152 e. The molecule has 2 heteroatoms. The average Bonchev–Trinajstić information content (AvgIpc) is 2.85. The molecule has 34 heavy (non-hydrogen) atoms. The number of carbonyl (C=O) groups excluding carboxylic acids is 2. The number of carbonyl (C=O) groups is 2. The molecule has 4 aromatic carbocycles. The molecular formula is C32H26O2. The third-order valence-electron chi connectivity index (χ3n) is 7.81. The van der Waals surface area contributed by atoms with Crippen molar-refractivity contribution in [2.24, 2.45) is 0 Å². The Labute approximate surface area is 200 Å². The molecule has 166 valence electrons. The Balaban J connectivity index is 1.65. The molecule has 0 saturated heterocycles. The normalized spacial score (nSPS) is 14.9. The van der Waals surface area contributed by atoms with Gasteiger partial charge in [-0.1, -0.05) is 84.9 Å². The van der Waals surface area contributed by atoms with E-state index < -0.39 is 5.41 Å². The van der Waals surface area contributed by atoms with Crippen LogP contribution in [0.1, 0.15) is 58.4 Å². The van der Waals surface area contributed by atoms with E-state index in [0.29, 0.717) is 0 Å². The van der Waals surface area contributed by atoms with E-state index in [-0.39, 0.29) is 11.6 Å². The number of hydrogen-bond donors (Lipinski definition) is 0. The summed E-state index contributed by atoms with van der Waals surface area (Å²) >= 11 is 0. The summed E-state index contributed by atoms with van der Waals surface area (Å²) in [6, 6.07) is 29.3. The highest BCUT2D eigenvalue weighted by Gasteiger charge is 2.50. The van der Waals surface area contributed by atoms with Gasteiger partial charge in [0.1, 0.15) is 5.41 Å². The molecule has 0 heterocycles. The van der Waals surface area contributed by atoms with Crippen molar-refractivity contribution in [1.82, 2.24) is 0 Å². The van der Waals surface area contributed by atoms with Crippen molar-refractivity contribution in [3.8, 4) is 11.1 Å². The van der Waals surface area contributed by atoms with Gasteiger partial charge in [0.25, 0.3) is 0 Å². The van der Waals surface area contributed by atoms with Crippen molar-refractivity contribution >= 4 is 11.6 Å². The monoisotopic (exact) mass is 442 g/mol. The van der Waals surface area contributed by atoms with Crippen LogP contribution in [0.2, 0.25) is 0 Å². The van der Waals surface area contributed by atoms with Crippen LogP contribution in [0.5, 0.6) is 0 Å². The molecule has 0 radical (unpaired) electrons. The van der Waals surface area contributed by atoms with Gasteiger partial charge in [0.15, 0.2) is 11.6 Å². The van der Waals surface area contributed by atoms with E-state index >= 15 is 0 Å². The number of fused-ring (bicyclic) bond motifs is 4. The highest BCUT2D eigenvalue weighted by Crippen LogP contribution is 2.48. The van der Waals surface area contributed by atoms with E-state index in [2.05, 4.69) is 60.7 Å². The van der Waals surface area contributed by atoms with E-state index in [0.717, 1.165) is 52.6 Å². The molecule has 0 atom stereocenters. The fourth-order valence-electron chi connectivity index (χ4n) is 6.33. The number of benzene rings is 4. The first kappa shape index (κ1) is 20.8. The van der Waals surface area contributed by atoms with Crippen molar-refractivity contribution in [3.05, 3.63) is 129 Å². The Morgan fingerprint density at radius 1 is 0.559 bits per heavy atom. The molecule has 0 aliphatic heterocycles. The lowest BCUT2D eigenvalue weighted by molar-refractivity contribution is -0.131. The second-order valence-electron chi connectivity index (χ2n) is 9.60. The molecule has 0 bridgehead atoms. The Morgan fingerprint density at radius 3 is 1.79 bits per heavy atom. The van der Waals surface area contributed by atoms with Gasteiger partial charge in [-0.3, -0.25) is 9.59 Å². The van der Waals surface area contributed by atoms with Crippen LogP contribution in [0.3, 0.4) is 0 Å². The summed E-state index contributed by atoms with van der Waals surface area (Å²) in [5.41, 5.74) is 10.0. The Kier molecular flexibility index (Phi) is 4.67. The summed E-state index contributed by atoms with van der Waals surface area (Å²) in [6.45, 7) is 3.14. The van der Waals surface area contributed by atoms with Crippen LogP contribution in [0.4, 0.5) is 0 Å². The van der Waals surface area contributed by atoms with Crippen LogP contribution < -0.4 is 0 Å². The molecular weight excluding hydrogens is 416 g/mol. The van der Waals surface area contributed by atoms with E-state index in [1.54, 1.807) is 13.8 Å². The van der Waals surface area contributed by atoms with Gasteiger partial charge >= 0.3 is 0 Å². The summed E-state index contributed by atoms with van der Waals surface area (Å²) in [5, 5.41) is 0. The Bertz CT molecular complexity index is 1480. The number of Topliss-reactive ketones (excluding diaryl/α,β-unsaturated/α-hetero) is 2. The minimum Gasteiger partial charge on any atom is -0.298 e. The first-order valence-electron chi connectivity index (χ1n) is 11.9. The summed E-state index contributed by atoms with van der Waals surface area (Å²) in [5.74, 6) is -0.230. The standard InChI is InChI=1S/C32H26O2/c1-20(33)32(21(2)34)30-16-6-5-11-25(30)18-26-13-8-15-28(31(26)32)27-14-7-12-24-17-22-9-3-4-10-23(22)19-29(24)27/h3-16H,17-19H2,1-2H3. The average molecular weight is 443 g/mol. The third-order valence-corrected chi connectivity index (χ3v) is 7.81. The Morgan fingerprint density at radius 2 is 1.09 bits per heavy atom. The molecule has 0 amide bonds. The van der Waals surface area contributed by atoms with Crippen LogP contribution >= 0.6 is 0 Å². The molecule has 2 aliphatic carbocycles. The van der Waals surface area contributed by atoms with Crippen molar-refractivity contribution < 1.29 is 9.59 Å². The number of rotatable bonds is 3. The third kappa shape index (κ3) is 2.81. The van der Waals surface area contributed by atoms with Crippen LogP contribution in [0.15, 0.2) is 84.9 Å². The van der Waals surface area contributed by atoms with Gasteiger partial charge in [0.05, 0.1) is 0 Å². The number of hydrogen-bond acceptors (Lipinski definition) is 2. The molecule has 6 rings (SSSR count). The summed E-state index contributed by atoms with van der Waals surface area (Å²) in [6.07, 6.45) is 2.48. The van der Waals surface area contributed by atoms with Gasteiger partial charge in [-0.25, -0.2) is 0 Å². The lowest BCUT2D eigenvalue weighted by Crippen LogP contribution is -2.46. The van der Waals surface area contributed by atoms with Crippen molar-refractivity contribution in [3.63, 3.8) is 0 Å². The second kappa shape index (κ2) is 7.63. The SMILES string of the molecule is CC(=O)C1(C(C)=O)c2ccccc2Cc2cccc(-c3cccc4c3Cc3ccccc3C4)c21. The molecule has 2 aliphatic rings. The quantitative estimate of drug-likeness (QED) is 0.311. The topological polar surface area (TPSA) is 34.1 Å². The van der Waals surface area contributed by atoms with Gasteiger partial charge < -0.3 is 0 Å². The van der Waals surface area contributed by atoms with E-state index in [4.69, 9.17) is 0 Å². The fourth-order valence-corrected chi connectivity index (χ4v) is 6.33. The molecule has 0 unspecified atom stereocenters. The molecule has 0 spiro atoms. The van der Waals surface area contributed by atoms with E-state index in [1.165, 1.54) is 22.3 Å². The predicted octanol–water partition coefficient (Wildman–Crippen LogP) is 6.22. The van der Waals surface area contributed by atoms with Crippen LogP contribution in [-0.2, 0) is 34.3 Å². The smallest absolute Gasteiger partial charge is 0.152 e. The van der Waals surface area contributed by atoms with E-state index in [9.17, 15) is 9.59 Å². The first-order chi connectivity index (χ1) is 16.5. The minimum atomic E-state index is -1.28. The predicted molar refractivity (Wildman–Crippen MR) is 135 cm³/mol.